The number of benzene rings is 2. The van der Waals surface area contributed by atoms with Gasteiger partial charge in [0.2, 0.25) is 0 Å². The van der Waals surface area contributed by atoms with Gasteiger partial charge in [-0.15, -0.1) is 0 Å². The predicted molar refractivity (Wildman–Crippen MR) is 97.5 cm³/mol. The molecule has 3 aromatic rings. The second-order valence-electron chi connectivity index (χ2n) is 5.80. The van der Waals surface area contributed by atoms with Crippen LogP contribution in [0.2, 0.25) is 5.02 Å². The summed E-state index contributed by atoms with van der Waals surface area (Å²) >= 11 is 5.85. The van der Waals surface area contributed by atoms with E-state index in [2.05, 4.69) is 0 Å². The number of pyridine rings is 1. The first-order valence-electron chi connectivity index (χ1n) is 7.81. The molecule has 0 fully saturated rings. The largest absolute Gasteiger partial charge is 0.507 e. The van der Waals surface area contributed by atoms with Crippen molar-refractivity contribution in [2.75, 3.05) is 0 Å². The van der Waals surface area contributed by atoms with Gasteiger partial charge in [0.1, 0.15) is 23.2 Å². The molecule has 0 radical (unpaired) electrons. The van der Waals surface area contributed by atoms with Crippen LogP contribution in [0.3, 0.4) is 0 Å². The van der Waals surface area contributed by atoms with Gasteiger partial charge in [0.15, 0.2) is 5.78 Å². The zero-order chi connectivity index (χ0) is 19.6. The molecule has 27 heavy (non-hydrogen) atoms. The topological polar surface area (TPSA) is 83.1 Å². The number of carbonyl (C=O) groups is 1. The van der Waals surface area contributed by atoms with Gasteiger partial charge in [-0.05, 0) is 42.0 Å². The fourth-order valence-electron chi connectivity index (χ4n) is 2.59. The second-order valence-corrected chi connectivity index (χ2v) is 6.24. The zero-order valence-corrected chi connectivity index (χ0v) is 14.6. The highest BCUT2D eigenvalue weighted by Crippen LogP contribution is 2.21. The van der Waals surface area contributed by atoms with Crippen molar-refractivity contribution < 1.29 is 14.3 Å². The van der Waals surface area contributed by atoms with Crippen LogP contribution in [0.4, 0.5) is 4.39 Å². The molecule has 0 saturated heterocycles. The van der Waals surface area contributed by atoms with E-state index in [0.717, 1.165) is 29.8 Å². The van der Waals surface area contributed by atoms with E-state index >= 15 is 0 Å². The van der Waals surface area contributed by atoms with Gasteiger partial charge in [0.25, 0.3) is 5.56 Å². The summed E-state index contributed by atoms with van der Waals surface area (Å²) in [6, 6.07) is 12.6. The number of aromatic hydroxyl groups is 1. The molecule has 0 aliphatic heterocycles. The summed E-state index contributed by atoms with van der Waals surface area (Å²) in [5, 5.41) is 19.6. The van der Waals surface area contributed by atoms with Gasteiger partial charge in [-0.25, -0.2) is 4.39 Å². The Balaban J connectivity index is 2.07. The van der Waals surface area contributed by atoms with E-state index in [0.29, 0.717) is 5.02 Å². The summed E-state index contributed by atoms with van der Waals surface area (Å²) in [6.07, 6.45) is 1.28. The van der Waals surface area contributed by atoms with Crippen molar-refractivity contribution in [3.8, 4) is 11.8 Å². The molecule has 0 aliphatic rings. The van der Waals surface area contributed by atoms with Gasteiger partial charge in [-0.1, -0.05) is 23.7 Å². The van der Waals surface area contributed by atoms with Crippen LogP contribution in [-0.2, 0) is 6.54 Å². The molecule has 134 valence electrons. The number of phenols is 1. The van der Waals surface area contributed by atoms with E-state index in [-0.39, 0.29) is 23.2 Å². The van der Waals surface area contributed by atoms with Crippen molar-refractivity contribution in [3.63, 3.8) is 0 Å². The lowest BCUT2D eigenvalue weighted by atomic mass is 10.0. The number of phenolic OH excluding ortho intramolecular Hbond substituents is 1. The SMILES string of the molecule is N#Cc1cc(C(=O)c2cc(F)ccc2O)cn(Cc2ccc(Cl)cc2)c1=O. The molecule has 1 N–H and O–H groups in total. The molecule has 2 aromatic carbocycles. The summed E-state index contributed by atoms with van der Waals surface area (Å²) < 4.78 is 14.7. The van der Waals surface area contributed by atoms with Crippen molar-refractivity contribution in [2.45, 2.75) is 6.54 Å². The Morgan fingerprint density at radius 3 is 2.56 bits per heavy atom. The number of ketones is 1. The molecule has 0 amide bonds. The Kier molecular flexibility index (Phi) is 5.06. The molecular formula is C20H12ClFN2O3. The maximum Gasteiger partial charge on any atom is 0.268 e. The summed E-state index contributed by atoms with van der Waals surface area (Å²) in [7, 11) is 0. The van der Waals surface area contributed by atoms with E-state index in [4.69, 9.17) is 11.6 Å². The molecule has 5 nitrogen and oxygen atoms in total. The molecule has 0 saturated carbocycles. The van der Waals surface area contributed by atoms with Crippen LogP contribution in [0.25, 0.3) is 0 Å². The number of rotatable bonds is 4. The van der Waals surface area contributed by atoms with Gasteiger partial charge in [0.05, 0.1) is 12.1 Å². The monoisotopic (exact) mass is 382 g/mol. The Hall–Kier alpha value is -3.43. The summed E-state index contributed by atoms with van der Waals surface area (Å²) in [6.45, 7) is 0.112. The minimum atomic E-state index is -0.701. The molecule has 3 rings (SSSR count). The van der Waals surface area contributed by atoms with E-state index in [1.54, 1.807) is 30.3 Å². The smallest absolute Gasteiger partial charge is 0.268 e. The molecule has 0 bridgehead atoms. The predicted octanol–water partition coefficient (Wildman–Crippen LogP) is 3.50. The molecule has 0 aliphatic carbocycles. The Labute approximate surface area is 158 Å². The first kappa shape index (κ1) is 18.4. The number of aromatic nitrogens is 1. The average Bonchev–Trinajstić information content (AvgIpc) is 2.66. The highest BCUT2D eigenvalue weighted by atomic mass is 35.5. The third-order valence-corrected chi connectivity index (χ3v) is 4.19. The quantitative estimate of drug-likeness (QED) is 0.700. The van der Waals surface area contributed by atoms with Crippen molar-refractivity contribution in [3.05, 3.63) is 98.2 Å². The Morgan fingerprint density at radius 2 is 1.89 bits per heavy atom. The average molecular weight is 383 g/mol. The number of hydrogen-bond acceptors (Lipinski definition) is 4. The van der Waals surface area contributed by atoms with Crippen LogP contribution < -0.4 is 5.56 Å². The fraction of sp³-hybridized carbons (Fsp3) is 0.0500. The molecule has 1 heterocycles. The summed E-state index contributed by atoms with van der Waals surface area (Å²) in [5.41, 5.74) is -0.321. The molecule has 0 spiro atoms. The minimum absolute atomic E-state index is 0.0130. The van der Waals surface area contributed by atoms with Gasteiger partial charge in [-0.2, -0.15) is 5.26 Å². The Morgan fingerprint density at radius 1 is 1.19 bits per heavy atom. The van der Waals surface area contributed by atoms with Crippen molar-refractivity contribution in [2.24, 2.45) is 0 Å². The second kappa shape index (κ2) is 7.44. The van der Waals surface area contributed by atoms with Crippen LogP contribution in [0, 0.1) is 17.1 Å². The Bertz CT molecular complexity index is 1130. The van der Waals surface area contributed by atoms with Gasteiger partial charge < -0.3 is 9.67 Å². The summed E-state index contributed by atoms with van der Waals surface area (Å²) in [5.74, 6) is -1.78. The highest BCUT2D eigenvalue weighted by Gasteiger charge is 2.18. The standard InChI is InChI=1S/C20H12ClFN2O3/c21-15-3-1-12(2-4-15)10-24-11-14(7-13(9-23)20(24)27)19(26)17-8-16(22)5-6-18(17)25/h1-8,11,25H,10H2. The van der Waals surface area contributed by atoms with Crippen LogP contribution >= 0.6 is 11.6 Å². The van der Waals surface area contributed by atoms with Crippen molar-refractivity contribution in [1.82, 2.24) is 4.57 Å². The van der Waals surface area contributed by atoms with Crippen LogP contribution in [0.1, 0.15) is 27.0 Å². The van der Waals surface area contributed by atoms with E-state index in [1.807, 2.05) is 0 Å². The molecule has 0 atom stereocenters. The van der Waals surface area contributed by atoms with Gasteiger partial charge in [0, 0.05) is 16.8 Å². The number of hydrogen-bond donors (Lipinski definition) is 1. The van der Waals surface area contributed by atoms with Crippen LogP contribution in [0.5, 0.6) is 5.75 Å². The van der Waals surface area contributed by atoms with Gasteiger partial charge in [-0.3, -0.25) is 9.59 Å². The fourth-order valence-corrected chi connectivity index (χ4v) is 2.72. The lowest BCUT2D eigenvalue weighted by Gasteiger charge is -2.10. The summed E-state index contributed by atoms with van der Waals surface area (Å²) in [4.78, 5) is 25.1. The van der Waals surface area contributed by atoms with E-state index in [9.17, 15) is 24.3 Å². The lowest BCUT2D eigenvalue weighted by molar-refractivity contribution is 0.103. The number of nitrogens with zero attached hydrogens (tertiary/aromatic N) is 2. The van der Waals surface area contributed by atoms with Gasteiger partial charge >= 0.3 is 0 Å². The zero-order valence-electron chi connectivity index (χ0n) is 13.8. The van der Waals surface area contributed by atoms with Crippen LogP contribution in [0.15, 0.2) is 59.5 Å². The van der Waals surface area contributed by atoms with Crippen molar-refractivity contribution >= 4 is 17.4 Å². The first-order valence-corrected chi connectivity index (χ1v) is 8.19. The normalized spacial score (nSPS) is 10.4. The van der Waals surface area contributed by atoms with E-state index < -0.39 is 22.9 Å². The van der Waals surface area contributed by atoms with E-state index in [1.165, 1.54) is 10.8 Å². The number of carbonyl (C=O) groups excluding carboxylic acids is 1. The van der Waals surface area contributed by atoms with Crippen LogP contribution in [-0.4, -0.2) is 15.5 Å². The lowest BCUT2D eigenvalue weighted by Crippen LogP contribution is -2.24. The minimum Gasteiger partial charge on any atom is -0.507 e. The maximum atomic E-state index is 13.5. The molecule has 1 aromatic heterocycles. The van der Waals surface area contributed by atoms with Crippen molar-refractivity contribution in [1.29, 1.82) is 5.26 Å². The molecule has 7 heteroatoms. The first-order chi connectivity index (χ1) is 12.9. The number of nitriles is 1. The third kappa shape index (κ3) is 3.89. The highest BCUT2D eigenvalue weighted by molar-refractivity contribution is 6.30. The number of halogens is 2. The molecular weight excluding hydrogens is 371 g/mol. The molecule has 0 unspecified atom stereocenters. The maximum absolute atomic E-state index is 13.5. The third-order valence-electron chi connectivity index (χ3n) is 3.94.